The molecule has 0 atom stereocenters. The minimum atomic E-state index is 1.06. The molecule has 0 saturated heterocycles. The zero-order chi connectivity index (χ0) is 6.10. The van der Waals surface area contributed by atoms with Crippen molar-refractivity contribution in [2.75, 3.05) is 17.6 Å². The van der Waals surface area contributed by atoms with Crippen LogP contribution in [0.3, 0.4) is 0 Å². The molecule has 0 radical (unpaired) electrons. The molecule has 0 aromatic carbocycles. The molecule has 1 aromatic heterocycles. The van der Waals surface area contributed by atoms with Crippen molar-refractivity contribution >= 4 is 28.9 Å². The predicted molar refractivity (Wildman–Crippen MR) is 41.3 cm³/mol. The van der Waals surface area contributed by atoms with Crippen molar-refractivity contribution in [3.05, 3.63) is 5.51 Å². The topological polar surface area (TPSA) is 24.9 Å². The lowest BCUT2D eigenvalue weighted by Crippen LogP contribution is -2.08. The molecule has 1 aromatic rings. The summed E-state index contributed by atoms with van der Waals surface area (Å²) in [4.78, 5) is 4.14. The molecule has 0 spiro atoms. The second-order valence-electron chi connectivity index (χ2n) is 1.76. The monoisotopic (exact) mass is 158 g/mol. The number of thioether (sulfide) groups is 1. The Kier molecular flexibility index (Phi) is 1.35. The summed E-state index contributed by atoms with van der Waals surface area (Å²) >= 11 is 3.60. The van der Waals surface area contributed by atoms with Crippen LogP contribution in [-0.2, 0) is 0 Å². The summed E-state index contributed by atoms with van der Waals surface area (Å²) in [5.74, 6) is 2.26. The molecular formula is C5H6N2S2. The average Bonchev–Trinajstić information content (AvgIpc) is 2.33. The van der Waals surface area contributed by atoms with Crippen molar-refractivity contribution in [2.45, 2.75) is 4.21 Å². The first-order valence-corrected chi connectivity index (χ1v) is 4.63. The first-order chi connectivity index (χ1) is 4.47. The van der Waals surface area contributed by atoms with Crippen LogP contribution < -0.4 is 5.32 Å². The molecular weight excluding hydrogens is 152 g/mol. The Balaban J connectivity index is 2.39. The van der Waals surface area contributed by atoms with Crippen LogP contribution in [0.1, 0.15) is 0 Å². The number of fused-ring (bicyclic) bond motifs is 1. The smallest absolute Gasteiger partial charge is 0.150 e. The summed E-state index contributed by atoms with van der Waals surface area (Å²) in [7, 11) is 0. The molecule has 2 heterocycles. The maximum Gasteiger partial charge on any atom is 0.150 e. The molecule has 1 aliphatic heterocycles. The minimum Gasteiger partial charge on any atom is -0.368 e. The first kappa shape index (κ1) is 5.56. The van der Waals surface area contributed by atoms with E-state index < -0.39 is 0 Å². The number of aromatic nitrogens is 1. The highest BCUT2D eigenvalue weighted by Gasteiger charge is 2.09. The lowest BCUT2D eigenvalue weighted by molar-refractivity contribution is 1.15. The Hall–Kier alpha value is -0.220. The molecule has 0 unspecified atom stereocenters. The van der Waals surface area contributed by atoms with Gasteiger partial charge in [0.05, 0.1) is 5.51 Å². The zero-order valence-electron chi connectivity index (χ0n) is 4.76. The van der Waals surface area contributed by atoms with Crippen molar-refractivity contribution < 1.29 is 0 Å². The molecule has 0 fully saturated rings. The molecule has 48 valence electrons. The SMILES string of the molecule is c1nc2c(s1)SCCN2. The number of anilines is 1. The van der Waals surface area contributed by atoms with Crippen molar-refractivity contribution in [3.63, 3.8) is 0 Å². The van der Waals surface area contributed by atoms with E-state index in [9.17, 15) is 0 Å². The highest BCUT2D eigenvalue weighted by Crippen LogP contribution is 2.32. The van der Waals surface area contributed by atoms with Crippen LogP contribution in [0.15, 0.2) is 9.72 Å². The van der Waals surface area contributed by atoms with Gasteiger partial charge in [-0.3, -0.25) is 0 Å². The van der Waals surface area contributed by atoms with Crippen LogP contribution in [0.5, 0.6) is 0 Å². The molecule has 2 rings (SSSR count). The summed E-state index contributed by atoms with van der Waals surface area (Å²) in [6.45, 7) is 1.06. The first-order valence-electron chi connectivity index (χ1n) is 2.77. The van der Waals surface area contributed by atoms with E-state index in [0.29, 0.717) is 0 Å². The third kappa shape index (κ3) is 0.923. The fourth-order valence-electron chi connectivity index (χ4n) is 0.769. The van der Waals surface area contributed by atoms with E-state index in [2.05, 4.69) is 10.3 Å². The summed E-state index contributed by atoms with van der Waals surface area (Å²) in [5, 5.41) is 3.22. The van der Waals surface area contributed by atoms with Gasteiger partial charge >= 0.3 is 0 Å². The lowest BCUT2D eigenvalue weighted by atomic mass is 10.6. The fraction of sp³-hybridized carbons (Fsp3) is 0.400. The van der Waals surface area contributed by atoms with Gasteiger partial charge in [-0.15, -0.1) is 23.1 Å². The van der Waals surface area contributed by atoms with Gasteiger partial charge in [0.1, 0.15) is 4.21 Å². The van der Waals surface area contributed by atoms with Gasteiger partial charge in [-0.1, -0.05) is 0 Å². The highest BCUT2D eigenvalue weighted by molar-refractivity contribution is 8.01. The zero-order valence-corrected chi connectivity index (χ0v) is 6.39. The number of rotatable bonds is 0. The van der Waals surface area contributed by atoms with Crippen LogP contribution in [0.2, 0.25) is 0 Å². The maximum atomic E-state index is 4.14. The molecule has 0 bridgehead atoms. The van der Waals surface area contributed by atoms with Gasteiger partial charge in [0.15, 0.2) is 5.82 Å². The van der Waals surface area contributed by atoms with Gasteiger partial charge in [-0.25, -0.2) is 4.98 Å². The molecule has 0 aliphatic carbocycles. The standard InChI is InChI=1S/C5H6N2S2/c1-2-8-5-4(6-1)7-3-9-5/h3,6H,1-2H2. The summed E-state index contributed by atoms with van der Waals surface area (Å²) in [6.07, 6.45) is 0. The number of thiazole rings is 1. The average molecular weight is 158 g/mol. The third-order valence-electron chi connectivity index (χ3n) is 1.16. The van der Waals surface area contributed by atoms with Crippen LogP contribution in [-0.4, -0.2) is 17.3 Å². The quantitative estimate of drug-likeness (QED) is 0.621. The highest BCUT2D eigenvalue weighted by atomic mass is 32.2. The number of hydrogen-bond acceptors (Lipinski definition) is 4. The van der Waals surface area contributed by atoms with Gasteiger partial charge in [0.25, 0.3) is 0 Å². The largest absolute Gasteiger partial charge is 0.368 e. The normalized spacial score (nSPS) is 16.4. The van der Waals surface area contributed by atoms with Crippen molar-refractivity contribution in [3.8, 4) is 0 Å². The Labute approximate surface area is 61.7 Å². The van der Waals surface area contributed by atoms with Gasteiger partial charge < -0.3 is 5.32 Å². The second-order valence-corrected chi connectivity index (χ2v) is 3.98. The van der Waals surface area contributed by atoms with E-state index in [1.165, 1.54) is 9.96 Å². The molecule has 2 nitrogen and oxygen atoms in total. The van der Waals surface area contributed by atoms with Crippen LogP contribution >= 0.6 is 23.1 Å². The summed E-state index contributed by atoms with van der Waals surface area (Å²) in [5.41, 5.74) is 1.88. The van der Waals surface area contributed by atoms with E-state index in [1.807, 2.05) is 17.3 Å². The summed E-state index contributed by atoms with van der Waals surface area (Å²) in [6, 6.07) is 0. The fourth-order valence-corrected chi connectivity index (χ4v) is 2.56. The van der Waals surface area contributed by atoms with Crippen LogP contribution in [0.25, 0.3) is 0 Å². The van der Waals surface area contributed by atoms with Crippen molar-refractivity contribution in [2.24, 2.45) is 0 Å². The second kappa shape index (κ2) is 2.19. The van der Waals surface area contributed by atoms with E-state index in [-0.39, 0.29) is 0 Å². The number of hydrogen-bond donors (Lipinski definition) is 1. The molecule has 1 aliphatic rings. The van der Waals surface area contributed by atoms with E-state index in [1.54, 1.807) is 11.3 Å². The number of nitrogens with zero attached hydrogens (tertiary/aromatic N) is 1. The third-order valence-corrected chi connectivity index (χ3v) is 3.29. The summed E-state index contributed by atoms with van der Waals surface area (Å²) < 4.78 is 1.33. The van der Waals surface area contributed by atoms with Crippen LogP contribution in [0.4, 0.5) is 5.82 Å². The maximum absolute atomic E-state index is 4.14. The van der Waals surface area contributed by atoms with Crippen LogP contribution in [0, 0.1) is 0 Å². The Morgan fingerprint density at radius 3 is 3.56 bits per heavy atom. The van der Waals surface area contributed by atoms with Gasteiger partial charge in [0, 0.05) is 12.3 Å². The van der Waals surface area contributed by atoms with Gasteiger partial charge in [0.2, 0.25) is 0 Å². The lowest BCUT2D eigenvalue weighted by Gasteiger charge is -2.09. The molecule has 9 heavy (non-hydrogen) atoms. The Bertz CT molecular complexity index is 188. The van der Waals surface area contributed by atoms with Gasteiger partial charge in [-0.2, -0.15) is 0 Å². The van der Waals surface area contributed by atoms with Crippen molar-refractivity contribution in [1.29, 1.82) is 0 Å². The molecule has 4 heteroatoms. The molecule has 0 saturated carbocycles. The molecule has 1 N–H and O–H groups in total. The minimum absolute atomic E-state index is 1.06. The van der Waals surface area contributed by atoms with E-state index in [4.69, 9.17) is 0 Å². The molecule has 0 amide bonds. The predicted octanol–water partition coefficient (Wildman–Crippen LogP) is 1.66. The Morgan fingerprint density at radius 1 is 1.67 bits per heavy atom. The van der Waals surface area contributed by atoms with Crippen molar-refractivity contribution in [1.82, 2.24) is 4.98 Å². The van der Waals surface area contributed by atoms with E-state index >= 15 is 0 Å². The van der Waals surface area contributed by atoms with Gasteiger partial charge in [-0.05, 0) is 0 Å². The van der Waals surface area contributed by atoms with E-state index in [0.717, 1.165) is 12.4 Å². The number of nitrogens with one attached hydrogen (secondary N) is 1. The Morgan fingerprint density at radius 2 is 2.67 bits per heavy atom.